The Kier molecular flexibility index (Phi) is 8.64. The van der Waals surface area contributed by atoms with Crippen molar-refractivity contribution in [3.63, 3.8) is 0 Å². The number of primary amides is 1. The van der Waals surface area contributed by atoms with E-state index in [0.29, 0.717) is 11.3 Å². The predicted octanol–water partition coefficient (Wildman–Crippen LogP) is 2.21. The Morgan fingerprint density at radius 1 is 1.02 bits per heavy atom. The first-order chi connectivity index (χ1) is 23.6. The lowest BCUT2D eigenvalue weighted by molar-refractivity contribution is -0.130. The van der Waals surface area contributed by atoms with E-state index in [2.05, 4.69) is 36.0 Å². The highest BCUT2D eigenvalue weighted by Gasteiger charge is 2.44. The quantitative estimate of drug-likeness (QED) is 0.254. The number of imide groups is 2. The molecule has 1 aromatic heterocycles. The zero-order valence-electron chi connectivity index (χ0n) is 26.0. The molecule has 3 unspecified atom stereocenters. The largest absolute Gasteiger partial charge is 0.364 e. The SMILES string of the molecule is NC(=O)c1nnc(Cl)nc1Nc1ccc(C2CCN(CC3CCNC3c3ccc4c(c3)C(=O)N(C3C=CC(=O)NC3=O)C4=O)CC2)c(F)c1. The zero-order valence-corrected chi connectivity index (χ0v) is 26.7. The van der Waals surface area contributed by atoms with Crippen molar-refractivity contribution < 1.29 is 28.4 Å². The third-order valence-electron chi connectivity index (χ3n) is 9.55. The van der Waals surface area contributed by atoms with Crippen LogP contribution in [0.3, 0.4) is 0 Å². The van der Waals surface area contributed by atoms with E-state index in [0.717, 1.165) is 62.0 Å². The molecular weight excluding hydrogens is 657 g/mol. The Labute approximate surface area is 284 Å². The molecule has 0 radical (unpaired) electrons. The van der Waals surface area contributed by atoms with E-state index < -0.39 is 35.6 Å². The zero-order chi connectivity index (χ0) is 34.4. The number of anilines is 2. The summed E-state index contributed by atoms with van der Waals surface area (Å²) in [6.07, 6.45) is 4.87. The van der Waals surface area contributed by atoms with Crippen molar-refractivity contribution in [2.45, 2.75) is 37.3 Å². The molecule has 49 heavy (non-hydrogen) atoms. The Balaban J connectivity index is 0.979. The molecule has 0 saturated carbocycles. The molecule has 5 amide bonds. The van der Waals surface area contributed by atoms with Gasteiger partial charge in [-0.05, 0) is 104 Å². The molecule has 3 aromatic rings. The molecule has 2 fully saturated rings. The van der Waals surface area contributed by atoms with Gasteiger partial charge >= 0.3 is 0 Å². The molecule has 0 spiro atoms. The number of nitrogens with zero attached hydrogens (tertiary/aromatic N) is 5. The summed E-state index contributed by atoms with van der Waals surface area (Å²) < 4.78 is 15.3. The summed E-state index contributed by atoms with van der Waals surface area (Å²) in [5.74, 6) is -3.43. The number of halogens is 2. The van der Waals surface area contributed by atoms with Crippen LogP contribution in [0, 0.1) is 11.7 Å². The number of nitrogens with two attached hydrogens (primary N) is 1. The third-order valence-corrected chi connectivity index (χ3v) is 9.71. The van der Waals surface area contributed by atoms with Crippen molar-refractivity contribution in [3.8, 4) is 0 Å². The monoisotopic (exact) mass is 687 g/mol. The average Bonchev–Trinajstić information content (AvgIpc) is 3.63. The highest BCUT2D eigenvalue weighted by Crippen LogP contribution is 2.37. The Morgan fingerprint density at radius 2 is 1.80 bits per heavy atom. The number of hydrogen-bond acceptors (Lipinski definition) is 11. The number of aromatic nitrogens is 3. The fraction of sp³-hybridized carbons (Fsp3) is 0.333. The predicted molar refractivity (Wildman–Crippen MR) is 173 cm³/mol. The van der Waals surface area contributed by atoms with Gasteiger partial charge in [-0.25, -0.2) is 4.39 Å². The first-order valence-electron chi connectivity index (χ1n) is 15.8. The number of likely N-dealkylation sites (tertiary alicyclic amines) is 1. The molecular formula is C33H31ClFN9O5. The van der Waals surface area contributed by atoms with Crippen molar-refractivity contribution in [1.29, 1.82) is 0 Å². The molecule has 0 aliphatic carbocycles. The summed E-state index contributed by atoms with van der Waals surface area (Å²) in [6.45, 7) is 3.18. The number of carbonyl (C=O) groups is 5. The first-order valence-corrected chi connectivity index (χ1v) is 16.2. The maximum atomic E-state index is 15.3. The maximum absolute atomic E-state index is 15.3. The van der Waals surface area contributed by atoms with Crippen molar-refractivity contribution in [2.24, 2.45) is 11.7 Å². The van der Waals surface area contributed by atoms with E-state index in [1.807, 2.05) is 6.07 Å². The van der Waals surface area contributed by atoms with E-state index in [4.69, 9.17) is 17.3 Å². The lowest BCUT2D eigenvalue weighted by Gasteiger charge is -2.35. The second-order valence-electron chi connectivity index (χ2n) is 12.5. The van der Waals surface area contributed by atoms with Gasteiger partial charge in [0.1, 0.15) is 11.9 Å². The smallest absolute Gasteiger partial charge is 0.273 e. The van der Waals surface area contributed by atoms with Crippen LogP contribution in [0.25, 0.3) is 0 Å². The Morgan fingerprint density at radius 3 is 2.53 bits per heavy atom. The molecule has 2 aromatic carbocycles. The first kappa shape index (κ1) is 32.4. The number of fused-ring (bicyclic) bond motifs is 1. The lowest BCUT2D eigenvalue weighted by atomic mass is 9.87. The molecule has 5 N–H and O–H groups in total. The van der Waals surface area contributed by atoms with Gasteiger partial charge in [-0.15, -0.1) is 10.2 Å². The fourth-order valence-electron chi connectivity index (χ4n) is 7.16. The second kappa shape index (κ2) is 13.1. The summed E-state index contributed by atoms with van der Waals surface area (Å²) in [7, 11) is 0. The summed E-state index contributed by atoms with van der Waals surface area (Å²) >= 11 is 5.81. The third kappa shape index (κ3) is 6.27. The van der Waals surface area contributed by atoms with Gasteiger partial charge in [0, 0.05) is 24.4 Å². The van der Waals surface area contributed by atoms with E-state index in [1.165, 1.54) is 12.1 Å². The molecule has 2 saturated heterocycles. The van der Waals surface area contributed by atoms with Crippen molar-refractivity contribution in [1.82, 2.24) is 35.6 Å². The number of nitrogens with one attached hydrogen (secondary N) is 3. The number of carbonyl (C=O) groups excluding carboxylic acids is 5. The molecule has 14 nitrogen and oxygen atoms in total. The number of rotatable bonds is 8. The molecule has 3 atom stereocenters. The molecule has 16 heteroatoms. The van der Waals surface area contributed by atoms with Crippen molar-refractivity contribution >= 4 is 52.6 Å². The van der Waals surface area contributed by atoms with Gasteiger partial charge in [0.25, 0.3) is 23.6 Å². The lowest BCUT2D eigenvalue weighted by Crippen LogP contribution is -2.51. The van der Waals surface area contributed by atoms with E-state index in [-0.39, 0.29) is 51.6 Å². The molecule has 0 bridgehead atoms. The minimum Gasteiger partial charge on any atom is -0.364 e. The van der Waals surface area contributed by atoms with Crippen LogP contribution in [0.1, 0.15) is 73.6 Å². The second-order valence-corrected chi connectivity index (χ2v) is 12.8. The van der Waals surface area contributed by atoms with Crippen molar-refractivity contribution in [2.75, 3.05) is 31.5 Å². The van der Waals surface area contributed by atoms with Crippen LogP contribution in [0.5, 0.6) is 0 Å². The summed E-state index contributed by atoms with van der Waals surface area (Å²) in [5.41, 5.74) is 7.45. The van der Waals surface area contributed by atoms with Gasteiger partial charge in [0.2, 0.25) is 11.2 Å². The van der Waals surface area contributed by atoms with Gasteiger partial charge in [0.15, 0.2) is 11.5 Å². The topological polar surface area (TPSA) is 193 Å². The van der Waals surface area contributed by atoms with E-state index >= 15 is 4.39 Å². The minimum absolute atomic E-state index is 0.0146. The van der Waals surface area contributed by atoms with Crippen LogP contribution < -0.4 is 21.7 Å². The van der Waals surface area contributed by atoms with Gasteiger partial charge in [-0.2, -0.15) is 4.98 Å². The standard InChI is InChI=1S/C33H31ClFN9O5/c34-33-40-29(27(28(36)46)41-42-33)38-19-2-4-20(23(35)14-19)16-8-11-43(12-9-16)15-18-7-10-37-26(18)17-1-3-21-22(13-17)32(49)44(31(21)48)24-5-6-25(45)39-30(24)47/h1-6,13-14,16,18,24,26,37H,7-12,15H2,(H2,36,46)(H,38,40,42)(H,39,45,47). The average molecular weight is 688 g/mol. The maximum Gasteiger partial charge on any atom is 0.273 e. The number of hydrogen-bond donors (Lipinski definition) is 4. The van der Waals surface area contributed by atoms with Gasteiger partial charge in [-0.3, -0.25) is 34.2 Å². The molecule has 4 aliphatic rings. The van der Waals surface area contributed by atoms with Gasteiger partial charge in [-0.1, -0.05) is 12.1 Å². The molecule has 4 aliphatic heterocycles. The Bertz CT molecular complexity index is 1930. The van der Waals surface area contributed by atoms with Crippen molar-refractivity contribution in [3.05, 3.63) is 87.6 Å². The van der Waals surface area contributed by atoms with Crippen LogP contribution in [-0.4, -0.2) is 86.7 Å². The van der Waals surface area contributed by atoms with Gasteiger partial charge in [0.05, 0.1) is 11.1 Å². The van der Waals surface area contributed by atoms with Crippen LogP contribution in [0.15, 0.2) is 48.6 Å². The fourth-order valence-corrected chi connectivity index (χ4v) is 7.29. The summed E-state index contributed by atoms with van der Waals surface area (Å²) in [6, 6.07) is 8.77. The van der Waals surface area contributed by atoms with Gasteiger partial charge < -0.3 is 21.3 Å². The molecule has 7 rings (SSSR count). The van der Waals surface area contributed by atoms with Crippen LogP contribution in [0.4, 0.5) is 15.9 Å². The molecule has 252 valence electrons. The molecule has 5 heterocycles. The number of piperidine rings is 1. The Hall–Kier alpha value is -5.12. The van der Waals surface area contributed by atoms with Crippen LogP contribution in [-0.2, 0) is 9.59 Å². The number of amides is 5. The highest BCUT2D eigenvalue weighted by molar-refractivity contribution is 6.28. The van der Waals surface area contributed by atoms with Crippen LogP contribution in [0.2, 0.25) is 5.28 Å². The number of benzene rings is 2. The minimum atomic E-state index is -1.19. The summed E-state index contributed by atoms with van der Waals surface area (Å²) in [5, 5.41) is 15.5. The van der Waals surface area contributed by atoms with E-state index in [9.17, 15) is 24.0 Å². The highest BCUT2D eigenvalue weighted by atomic mass is 35.5. The summed E-state index contributed by atoms with van der Waals surface area (Å²) in [4.78, 5) is 69.3. The normalized spacial score (nSPS) is 22.8. The van der Waals surface area contributed by atoms with E-state index in [1.54, 1.807) is 24.3 Å². The van der Waals surface area contributed by atoms with Crippen LogP contribution >= 0.6 is 11.6 Å².